The fraction of sp³-hybridized carbons (Fsp3) is 0.625. The lowest BCUT2D eigenvalue weighted by Crippen LogP contribution is -2.44. The van der Waals surface area contributed by atoms with Crippen molar-refractivity contribution in [1.82, 2.24) is 5.32 Å². The molecule has 1 fully saturated rings. The zero-order chi connectivity index (χ0) is 13.5. The number of hydrogen-bond donors (Lipinski definition) is 1. The Morgan fingerprint density at radius 1 is 1.05 bits per heavy atom. The van der Waals surface area contributed by atoms with Gasteiger partial charge in [0.15, 0.2) is 11.5 Å². The van der Waals surface area contributed by atoms with Crippen molar-refractivity contribution in [2.75, 3.05) is 7.05 Å². The minimum Gasteiger partial charge on any atom is -0.448 e. The van der Waals surface area contributed by atoms with E-state index in [1.54, 1.807) is 0 Å². The van der Waals surface area contributed by atoms with E-state index < -0.39 is 5.79 Å². The summed E-state index contributed by atoms with van der Waals surface area (Å²) in [4.78, 5) is 0. The number of benzene rings is 1. The van der Waals surface area contributed by atoms with Gasteiger partial charge in [0.25, 0.3) is 5.79 Å². The molecule has 1 N–H and O–H groups in total. The van der Waals surface area contributed by atoms with Crippen LogP contribution in [-0.4, -0.2) is 12.8 Å². The maximum atomic E-state index is 6.17. The number of rotatable bonds is 2. The van der Waals surface area contributed by atoms with Gasteiger partial charge in [0.1, 0.15) is 0 Å². The van der Waals surface area contributed by atoms with E-state index in [-0.39, 0.29) is 0 Å². The number of ether oxygens (including phenoxy) is 2. The van der Waals surface area contributed by atoms with Crippen LogP contribution in [0.4, 0.5) is 0 Å². The Hall–Kier alpha value is -1.22. The van der Waals surface area contributed by atoms with Gasteiger partial charge in [0.05, 0.1) is 0 Å². The van der Waals surface area contributed by atoms with Gasteiger partial charge in [0, 0.05) is 19.4 Å². The second kappa shape index (κ2) is 4.41. The molecule has 0 amide bonds. The monoisotopic (exact) mass is 261 g/mol. The Bertz CT molecular complexity index is 472. The molecule has 1 aliphatic carbocycles. The molecule has 1 heterocycles. The van der Waals surface area contributed by atoms with Gasteiger partial charge >= 0.3 is 0 Å². The van der Waals surface area contributed by atoms with Crippen molar-refractivity contribution in [2.45, 2.75) is 51.9 Å². The first kappa shape index (κ1) is 12.8. The van der Waals surface area contributed by atoms with Crippen LogP contribution in [0.2, 0.25) is 0 Å². The third kappa shape index (κ3) is 2.44. The first-order valence-electron chi connectivity index (χ1n) is 7.18. The van der Waals surface area contributed by atoms with E-state index >= 15 is 0 Å². The van der Waals surface area contributed by atoms with Crippen LogP contribution < -0.4 is 14.8 Å². The zero-order valence-electron chi connectivity index (χ0n) is 12.1. The molecule has 0 bridgehead atoms. The lowest BCUT2D eigenvalue weighted by molar-refractivity contribution is -0.123. The molecule has 1 aromatic carbocycles. The van der Waals surface area contributed by atoms with Crippen molar-refractivity contribution in [3.63, 3.8) is 0 Å². The molecule has 3 heteroatoms. The van der Waals surface area contributed by atoms with E-state index in [0.717, 1.165) is 43.7 Å². The van der Waals surface area contributed by atoms with E-state index in [1.165, 1.54) is 5.56 Å². The highest BCUT2D eigenvalue weighted by molar-refractivity contribution is 5.46. The van der Waals surface area contributed by atoms with Crippen molar-refractivity contribution in [3.8, 4) is 11.5 Å². The van der Waals surface area contributed by atoms with Gasteiger partial charge in [-0.15, -0.1) is 0 Å². The molecular formula is C16H23NO2. The molecule has 19 heavy (non-hydrogen) atoms. The van der Waals surface area contributed by atoms with Crippen molar-refractivity contribution in [2.24, 2.45) is 5.41 Å². The van der Waals surface area contributed by atoms with Crippen LogP contribution in [0.3, 0.4) is 0 Å². The molecule has 1 saturated carbocycles. The van der Waals surface area contributed by atoms with Crippen LogP contribution >= 0.6 is 0 Å². The summed E-state index contributed by atoms with van der Waals surface area (Å²) < 4.78 is 12.3. The largest absolute Gasteiger partial charge is 0.448 e. The molecule has 2 aliphatic rings. The van der Waals surface area contributed by atoms with Gasteiger partial charge in [-0.2, -0.15) is 0 Å². The summed E-state index contributed by atoms with van der Waals surface area (Å²) in [6.07, 6.45) is 4.28. The molecule has 1 spiro atoms. The maximum absolute atomic E-state index is 6.17. The molecule has 1 aliphatic heterocycles. The summed E-state index contributed by atoms with van der Waals surface area (Å²) in [5, 5.41) is 3.16. The number of nitrogens with one attached hydrogen (secondary N) is 1. The molecule has 104 valence electrons. The molecule has 0 atom stereocenters. The van der Waals surface area contributed by atoms with Crippen LogP contribution in [0.25, 0.3) is 0 Å². The summed E-state index contributed by atoms with van der Waals surface area (Å²) in [6, 6.07) is 6.24. The minimum absolute atomic E-state index is 0.393. The van der Waals surface area contributed by atoms with Gasteiger partial charge in [0.2, 0.25) is 0 Å². The molecular weight excluding hydrogens is 238 g/mol. The molecule has 0 unspecified atom stereocenters. The lowest BCUT2D eigenvalue weighted by atomic mass is 9.75. The average molecular weight is 261 g/mol. The molecule has 1 aromatic rings. The first-order chi connectivity index (χ1) is 9.02. The maximum Gasteiger partial charge on any atom is 0.251 e. The van der Waals surface area contributed by atoms with Crippen LogP contribution in [0, 0.1) is 5.41 Å². The summed E-state index contributed by atoms with van der Waals surface area (Å²) >= 11 is 0. The number of fused-ring (bicyclic) bond motifs is 1. The standard InChI is InChI=1S/C16H23NO2/c1-15(2)6-8-16(9-7-15)18-13-5-4-12(11-17-3)10-14(13)19-16/h4-5,10,17H,6-9,11H2,1-3H3. The second-order valence-electron chi connectivity index (χ2n) is 6.59. The van der Waals surface area contributed by atoms with Gasteiger partial charge in [-0.25, -0.2) is 0 Å². The predicted octanol–water partition coefficient (Wildman–Crippen LogP) is 3.47. The first-order valence-corrected chi connectivity index (χ1v) is 7.18. The van der Waals surface area contributed by atoms with Crippen molar-refractivity contribution < 1.29 is 9.47 Å². The van der Waals surface area contributed by atoms with Crippen LogP contribution in [0.5, 0.6) is 11.5 Å². The van der Waals surface area contributed by atoms with Crippen molar-refractivity contribution in [1.29, 1.82) is 0 Å². The fourth-order valence-corrected chi connectivity index (χ4v) is 2.96. The molecule has 3 nitrogen and oxygen atoms in total. The smallest absolute Gasteiger partial charge is 0.251 e. The molecule has 0 aromatic heterocycles. The summed E-state index contributed by atoms with van der Waals surface area (Å²) in [5.41, 5.74) is 1.65. The summed E-state index contributed by atoms with van der Waals surface area (Å²) in [6.45, 7) is 5.51. The Morgan fingerprint density at radius 2 is 1.74 bits per heavy atom. The zero-order valence-corrected chi connectivity index (χ0v) is 12.1. The van der Waals surface area contributed by atoms with E-state index in [2.05, 4.69) is 31.3 Å². The third-order valence-corrected chi connectivity index (χ3v) is 4.35. The highest BCUT2D eigenvalue weighted by Gasteiger charge is 2.46. The van der Waals surface area contributed by atoms with Gasteiger partial charge in [-0.05, 0) is 43.0 Å². The topological polar surface area (TPSA) is 30.5 Å². The van der Waals surface area contributed by atoms with Crippen molar-refractivity contribution >= 4 is 0 Å². The lowest BCUT2D eigenvalue weighted by Gasteiger charge is -2.39. The quantitative estimate of drug-likeness (QED) is 0.884. The van der Waals surface area contributed by atoms with Crippen LogP contribution in [-0.2, 0) is 6.54 Å². The van der Waals surface area contributed by atoms with Gasteiger partial charge in [-0.3, -0.25) is 0 Å². The SMILES string of the molecule is CNCc1ccc2c(c1)OC1(CCC(C)(C)CC1)O2. The highest BCUT2D eigenvalue weighted by atomic mass is 16.7. The Morgan fingerprint density at radius 3 is 2.42 bits per heavy atom. The second-order valence-corrected chi connectivity index (χ2v) is 6.59. The van der Waals surface area contributed by atoms with Crippen molar-refractivity contribution in [3.05, 3.63) is 23.8 Å². The molecule has 0 saturated heterocycles. The highest BCUT2D eigenvalue weighted by Crippen LogP contribution is 2.49. The summed E-state index contributed by atoms with van der Waals surface area (Å²) in [5.74, 6) is 1.42. The fourth-order valence-electron chi connectivity index (χ4n) is 2.96. The average Bonchev–Trinajstić information content (AvgIpc) is 2.72. The Kier molecular flexibility index (Phi) is 2.97. The predicted molar refractivity (Wildman–Crippen MR) is 75.4 cm³/mol. The molecule has 3 rings (SSSR count). The van der Waals surface area contributed by atoms with E-state index in [4.69, 9.17) is 9.47 Å². The minimum atomic E-state index is -0.393. The van der Waals surface area contributed by atoms with E-state index in [9.17, 15) is 0 Å². The normalized spacial score (nSPS) is 22.7. The Labute approximate surface area is 115 Å². The van der Waals surface area contributed by atoms with E-state index in [0.29, 0.717) is 5.41 Å². The van der Waals surface area contributed by atoms with Crippen LogP contribution in [0.15, 0.2) is 18.2 Å². The Balaban J connectivity index is 1.77. The van der Waals surface area contributed by atoms with Gasteiger partial charge in [-0.1, -0.05) is 19.9 Å². The van der Waals surface area contributed by atoms with Gasteiger partial charge < -0.3 is 14.8 Å². The van der Waals surface area contributed by atoms with E-state index in [1.807, 2.05) is 13.1 Å². The molecule has 0 radical (unpaired) electrons. The third-order valence-electron chi connectivity index (χ3n) is 4.35. The van der Waals surface area contributed by atoms with Crippen LogP contribution in [0.1, 0.15) is 45.1 Å². The number of hydrogen-bond acceptors (Lipinski definition) is 3. The summed E-state index contributed by atoms with van der Waals surface area (Å²) in [7, 11) is 1.95.